The normalized spacial score (nSPS) is 13.9. The predicted molar refractivity (Wildman–Crippen MR) is 32.2 cm³/mol. The number of rotatable bonds is 2. The first-order chi connectivity index (χ1) is 5.11. The third-order valence-corrected chi connectivity index (χ3v) is 1.18. The summed E-state index contributed by atoms with van der Waals surface area (Å²) in [5.41, 5.74) is 0.472. The molecule has 1 heterocycles. The minimum absolute atomic E-state index is 0.197. The van der Waals surface area contributed by atoms with Crippen molar-refractivity contribution in [3.63, 3.8) is 0 Å². The van der Waals surface area contributed by atoms with Gasteiger partial charge in [0.25, 0.3) is 6.43 Å². The van der Waals surface area contributed by atoms with E-state index in [0.29, 0.717) is 5.69 Å². The van der Waals surface area contributed by atoms with Gasteiger partial charge in [-0.1, -0.05) is 5.16 Å². The van der Waals surface area contributed by atoms with Crippen molar-refractivity contribution in [3.05, 3.63) is 17.5 Å². The molecule has 1 rings (SSSR count). The highest BCUT2D eigenvalue weighted by Gasteiger charge is 2.22. The molecule has 0 spiro atoms. The van der Waals surface area contributed by atoms with Crippen LogP contribution >= 0.6 is 0 Å². The average Bonchev–Trinajstić information content (AvgIpc) is 2.34. The largest absolute Gasteiger partial charge is 0.379 e. The van der Waals surface area contributed by atoms with E-state index in [9.17, 15) is 8.78 Å². The van der Waals surface area contributed by atoms with Crippen LogP contribution in [-0.4, -0.2) is 16.7 Å². The first-order valence-corrected chi connectivity index (χ1v) is 3.00. The minimum Gasteiger partial charge on any atom is -0.379 e. The molecule has 0 aromatic carbocycles. The molecule has 0 aliphatic carbocycles. The van der Waals surface area contributed by atoms with E-state index in [1.165, 1.54) is 6.07 Å². The molecule has 0 fully saturated rings. The molecule has 0 saturated carbocycles. The van der Waals surface area contributed by atoms with Gasteiger partial charge in [-0.2, -0.15) is 0 Å². The summed E-state index contributed by atoms with van der Waals surface area (Å²) in [7, 11) is 0. The highest BCUT2D eigenvalue weighted by Crippen LogP contribution is 2.20. The molecule has 1 aromatic heterocycles. The van der Waals surface area contributed by atoms with Gasteiger partial charge in [0.15, 0.2) is 11.9 Å². The van der Waals surface area contributed by atoms with Gasteiger partial charge in [0.2, 0.25) is 0 Å². The molecule has 1 unspecified atom stereocenters. The smallest absolute Gasteiger partial charge is 0.271 e. The number of aromatic nitrogens is 1. The molecule has 3 nitrogen and oxygen atoms in total. The van der Waals surface area contributed by atoms with Crippen LogP contribution in [0.25, 0.3) is 0 Å². The lowest BCUT2D eigenvalue weighted by Gasteiger charge is -2.02. The predicted octanol–water partition coefficient (Wildman–Crippen LogP) is 1.28. The van der Waals surface area contributed by atoms with Crippen LogP contribution in [0.5, 0.6) is 0 Å². The van der Waals surface area contributed by atoms with Gasteiger partial charge in [0.1, 0.15) is 0 Å². The summed E-state index contributed by atoms with van der Waals surface area (Å²) >= 11 is 0. The molecule has 11 heavy (non-hydrogen) atoms. The Labute approximate surface area is 61.6 Å². The van der Waals surface area contributed by atoms with Crippen molar-refractivity contribution in [3.8, 4) is 0 Å². The summed E-state index contributed by atoms with van der Waals surface area (Å²) in [6, 6.07) is 1.27. The molecule has 1 N–H and O–H groups in total. The topological polar surface area (TPSA) is 46.3 Å². The molecular weight excluding hydrogens is 156 g/mol. The van der Waals surface area contributed by atoms with Crippen molar-refractivity contribution in [1.29, 1.82) is 0 Å². The number of aliphatic hydroxyl groups excluding tert-OH is 1. The summed E-state index contributed by atoms with van der Waals surface area (Å²) in [5.74, 6) is -0.197. The van der Waals surface area contributed by atoms with Crippen LogP contribution in [-0.2, 0) is 0 Å². The number of halogens is 2. The summed E-state index contributed by atoms with van der Waals surface area (Å²) < 4.78 is 28.0. The third kappa shape index (κ3) is 1.74. The highest BCUT2D eigenvalue weighted by molar-refractivity contribution is 5.06. The molecule has 1 atom stereocenters. The fraction of sp³-hybridized carbons (Fsp3) is 0.500. The van der Waals surface area contributed by atoms with Gasteiger partial charge in [-0.25, -0.2) is 8.78 Å². The van der Waals surface area contributed by atoms with E-state index < -0.39 is 12.5 Å². The highest BCUT2D eigenvalue weighted by atomic mass is 19.3. The van der Waals surface area contributed by atoms with Crippen molar-refractivity contribution in [1.82, 2.24) is 5.16 Å². The zero-order valence-corrected chi connectivity index (χ0v) is 5.79. The van der Waals surface area contributed by atoms with Gasteiger partial charge in [-0.15, -0.1) is 0 Å². The van der Waals surface area contributed by atoms with E-state index in [4.69, 9.17) is 5.11 Å². The van der Waals surface area contributed by atoms with Crippen molar-refractivity contribution < 1.29 is 18.4 Å². The lowest BCUT2D eigenvalue weighted by atomic mass is 10.2. The van der Waals surface area contributed by atoms with Crippen LogP contribution in [0, 0.1) is 6.92 Å². The second-order valence-corrected chi connectivity index (χ2v) is 2.15. The quantitative estimate of drug-likeness (QED) is 0.714. The monoisotopic (exact) mass is 163 g/mol. The average molecular weight is 163 g/mol. The van der Waals surface area contributed by atoms with Crippen molar-refractivity contribution in [2.45, 2.75) is 19.5 Å². The molecule has 0 saturated heterocycles. The van der Waals surface area contributed by atoms with E-state index in [2.05, 4.69) is 9.68 Å². The van der Waals surface area contributed by atoms with Gasteiger partial charge in [0, 0.05) is 6.07 Å². The molecule has 5 heteroatoms. The standard InChI is InChI=1S/C6H7F2NO2/c1-3-2-4(11-9-3)5(10)6(7)8/h2,5-6,10H,1H3. The lowest BCUT2D eigenvalue weighted by Crippen LogP contribution is -2.06. The summed E-state index contributed by atoms with van der Waals surface area (Å²) in [5, 5.41) is 12.1. The Morgan fingerprint density at radius 3 is 2.64 bits per heavy atom. The molecule has 62 valence electrons. The number of aryl methyl sites for hydroxylation is 1. The Morgan fingerprint density at radius 1 is 1.64 bits per heavy atom. The minimum atomic E-state index is -2.83. The van der Waals surface area contributed by atoms with Crippen molar-refractivity contribution >= 4 is 0 Å². The number of alkyl halides is 2. The Morgan fingerprint density at radius 2 is 2.27 bits per heavy atom. The van der Waals surface area contributed by atoms with Gasteiger partial charge in [-0.3, -0.25) is 0 Å². The SMILES string of the molecule is Cc1cc(C(O)C(F)F)on1. The van der Waals surface area contributed by atoms with Gasteiger partial charge in [0.05, 0.1) is 5.69 Å². The van der Waals surface area contributed by atoms with Crippen LogP contribution in [0.1, 0.15) is 17.6 Å². The Bertz CT molecular complexity index is 236. The van der Waals surface area contributed by atoms with E-state index in [0.717, 1.165) is 0 Å². The molecule has 0 amide bonds. The van der Waals surface area contributed by atoms with E-state index in [-0.39, 0.29) is 5.76 Å². The first-order valence-electron chi connectivity index (χ1n) is 3.00. The zero-order valence-electron chi connectivity index (χ0n) is 5.79. The lowest BCUT2D eigenvalue weighted by molar-refractivity contribution is -0.0204. The maximum absolute atomic E-state index is 11.8. The second-order valence-electron chi connectivity index (χ2n) is 2.15. The second kappa shape index (κ2) is 2.96. The van der Waals surface area contributed by atoms with Crippen LogP contribution in [0.4, 0.5) is 8.78 Å². The van der Waals surface area contributed by atoms with E-state index in [1.54, 1.807) is 6.92 Å². The van der Waals surface area contributed by atoms with Crippen LogP contribution in [0.15, 0.2) is 10.6 Å². The van der Waals surface area contributed by atoms with Crippen LogP contribution < -0.4 is 0 Å². The molecule has 0 aliphatic heterocycles. The third-order valence-electron chi connectivity index (χ3n) is 1.18. The van der Waals surface area contributed by atoms with Crippen LogP contribution in [0.2, 0.25) is 0 Å². The number of hydrogen-bond donors (Lipinski definition) is 1. The molecule has 0 aliphatic rings. The fourth-order valence-electron chi connectivity index (χ4n) is 0.647. The maximum Gasteiger partial charge on any atom is 0.271 e. The van der Waals surface area contributed by atoms with Gasteiger partial charge < -0.3 is 9.63 Å². The Hall–Kier alpha value is -0.970. The summed E-state index contributed by atoms with van der Waals surface area (Å²) in [6.07, 6.45) is -4.70. The van der Waals surface area contributed by atoms with E-state index >= 15 is 0 Å². The number of nitrogens with zero attached hydrogens (tertiary/aromatic N) is 1. The number of aliphatic hydroxyl groups is 1. The van der Waals surface area contributed by atoms with Crippen molar-refractivity contribution in [2.75, 3.05) is 0 Å². The van der Waals surface area contributed by atoms with Crippen LogP contribution in [0.3, 0.4) is 0 Å². The maximum atomic E-state index is 11.8. The van der Waals surface area contributed by atoms with Gasteiger partial charge >= 0.3 is 0 Å². The zero-order chi connectivity index (χ0) is 8.43. The molecule has 1 aromatic rings. The first kappa shape index (κ1) is 8.13. The fourth-order valence-corrected chi connectivity index (χ4v) is 0.647. The summed E-state index contributed by atoms with van der Waals surface area (Å²) in [6.45, 7) is 1.59. The van der Waals surface area contributed by atoms with E-state index in [1.807, 2.05) is 0 Å². The Balaban J connectivity index is 2.76. The van der Waals surface area contributed by atoms with Crippen molar-refractivity contribution in [2.24, 2.45) is 0 Å². The molecular formula is C6H7F2NO2. The Kier molecular flexibility index (Phi) is 2.19. The van der Waals surface area contributed by atoms with Gasteiger partial charge in [-0.05, 0) is 6.92 Å². The molecule has 0 bridgehead atoms. The summed E-state index contributed by atoms with van der Waals surface area (Å²) in [4.78, 5) is 0. The molecule has 0 radical (unpaired) electrons. The number of hydrogen-bond acceptors (Lipinski definition) is 3.